The topological polar surface area (TPSA) is 79.2 Å². The third kappa shape index (κ3) is 1.79. The lowest BCUT2D eigenvalue weighted by Crippen LogP contribution is -2.23. The number of rotatable bonds is 1. The number of fused-ring (bicyclic) bond motifs is 3. The van der Waals surface area contributed by atoms with E-state index in [0.29, 0.717) is 11.3 Å². The van der Waals surface area contributed by atoms with Crippen molar-refractivity contribution < 1.29 is 0 Å². The van der Waals surface area contributed by atoms with Gasteiger partial charge in [-0.15, -0.1) is 0 Å². The molecule has 0 bridgehead atoms. The van der Waals surface area contributed by atoms with Crippen molar-refractivity contribution in [2.75, 3.05) is 18.0 Å². The summed E-state index contributed by atoms with van der Waals surface area (Å²) in [4.78, 5) is 22.7. The Balaban J connectivity index is 1.85. The number of nitrogens with one attached hydrogen (secondary N) is 1. The highest BCUT2D eigenvalue weighted by Crippen LogP contribution is 2.30. The molecule has 1 aliphatic rings. The first-order chi connectivity index (χ1) is 9.83. The van der Waals surface area contributed by atoms with Crippen LogP contribution in [0.5, 0.6) is 0 Å². The Morgan fingerprint density at radius 2 is 2.00 bits per heavy atom. The van der Waals surface area contributed by atoms with Crippen molar-refractivity contribution in [2.45, 2.75) is 25.7 Å². The van der Waals surface area contributed by atoms with E-state index in [4.69, 9.17) is 0 Å². The summed E-state index contributed by atoms with van der Waals surface area (Å²) in [5.41, 5.74) is 1.01. The lowest BCUT2D eigenvalue weighted by Gasteiger charge is -2.18. The molecule has 1 N–H and O–H groups in total. The van der Waals surface area contributed by atoms with Crippen LogP contribution in [0, 0.1) is 0 Å². The van der Waals surface area contributed by atoms with Crippen LogP contribution in [0.2, 0.25) is 0 Å². The Labute approximate surface area is 118 Å². The summed E-state index contributed by atoms with van der Waals surface area (Å²) < 4.78 is 2.29. The average Bonchev–Trinajstić information content (AvgIpc) is 2.93. The fourth-order valence-electron chi connectivity index (χ4n) is 2.62. The molecule has 4 rings (SSSR count). The molecule has 1 fully saturated rings. The standard InChI is InChI=1S/C12H14N6OS/c19-11-16-15-10-8-9(13-7-18(10)11)14-12(20-8)17-5-3-1-2-4-6-17/h7H,1-6H2,(H,16,19). The van der Waals surface area contributed by atoms with Crippen molar-refractivity contribution in [1.82, 2.24) is 24.6 Å². The summed E-state index contributed by atoms with van der Waals surface area (Å²) in [6, 6.07) is 0. The number of hydrogen-bond donors (Lipinski definition) is 1. The molecule has 0 saturated carbocycles. The maximum atomic E-state index is 11.6. The van der Waals surface area contributed by atoms with Crippen molar-refractivity contribution in [3.05, 3.63) is 16.8 Å². The number of H-pyrrole nitrogens is 1. The minimum absolute atomic E-state index is 0.265. The van der Waals surface area contributed by atoms with Gasteiger partial charge in [-0.05, 0) is 12.8 Å². The van der Waals surface area contributed by atoms with Crippen molar-refractivity contribution in [3.63, 3.8) is 0 Å². The molecule has 20 heavy (non-hydrogen) atoms. The van der Waals surface area contributed by atoms with Gasteiger partial charge in [0.05, 0.1) is 0 Å². The monoisotopic (exact) mass is 290 g/mol. The Kier molecular flexibility index (Phi) is 2.69. The number of nitrogens with zero attached hydrogens (tertiary/aromatic N) is 5. The molecule has 0 aliphatic carbocycles. The predicted molar refractivity (Wildman–Crippen MR) is 77.5 cm³/mol. The second kappa shape index (κ2) is 4.55. The van der Waals surface area contributed by atoms with E-state index in [0.717, 1.165) is 22.9 Å². The minimum Gasteiger partial charge on any atom is -0.348 e. The van der Waals surface area contributed by atoms with E-state index in [-0.39, 0.29) is 5.69 Å². The van der Waals surface area contributed by atoms with E-state index in [9.17, 15) is 4.79 Å². The zero-order valence-electron chi connectivity index (χ0n) is 10.9. The van der Waals surface area contributed by atoms with Gasteiger partial charge in [0.15, 0.2) is 16.4 Å². The summed E-state index contributed by atoms with van der Waals surface area (Å²) in [6.45, 7) is 2.09. The number of hydrogen-bond acceptors (Lipinski definition) is 6. The van der Waals surface area contributed by atoms with Crippen LogP contribution in [-0.4, -0.2) is 37.7 Å². The van der Waals surface area contributed by atoms with Crippen LogP contribution >= 0.6 is 11.3 Å². The molecular formula is C12H14N6OS. The number of aromatic amines is 1. The summed E-state index contributed by atoms with van der Waals surface area (Å²) >= 11 is 1.57. The van der Waals surface area contributed by atoms with E-state index in [2.05, 4.69) is 25.1 Å². The molecule has 1 aliphatic heterocycles. The summed E-state index contributed by atoms with van der Waals surface area (Å²) in [5, 5.41) is 7.50. The number of anilines is 1. The third-order valence-electron chi connectivity index (χ3n) is 3.68. The lowest BCUT2D eigenvalue weighted by molar-refractivity contribution is 0.726. The van der Waals surface area contributed by atoms with Crippen LogP contribution < -0.4 is 10.6 Å². The van der Waals surface area contributed by atoms with Gasteiger partial charge < -0.3 is 4.90 Å². The summed E-state index contributed by atoms with van der Waals surface area (Å²) in [6.07, 6.45) is 6.48. The Bertz CT molecular complexity index is 810. The van der Waals surface area contributed by atoms with Gasteiger partial charge in [-0.2, -0.15) is 10.1 Å². The smallest absolute Gasteiger partial charge is 0.348 e. The largest absolute Gasteiger partial charge is 0.349 e. The first-order valence-electron chi connectivity index (χ1n) is 6.80. The molecule has 0 unspecified atom stereocenters. The van der Waals surface area contributed by atoms with Crippen molar-refractivity contribution in [1.29, 1.82) is 0 Å². The zero-order valence-corrected chi connectivity index (χ0v) is 11.7. The molecule has 8 heteroatoms. The molecule has 4 heterocycles. The zero-order chi connectivity index (χ0) is 13.5. The minimum atomic E-state index is -0.265. The van der Waals surface area contributed by atoms with Crippen LogP contribution in [0.3, 0.4) is 0 Å². The number of thiazole rings is 1. The van der Waals surface area contributed by atoms with Crippen molar-refractivity contribution >= 4 is 32.5 Å². The fraction of sp³-hybridized carbons (Fsp3) is 0.500. The average molecular weight is 290 g/mol. The van der Waals surface area contributed by atoms with Gasteiger partial charge >= 0.3 is 5.69 Å². The van der Waals surface area contributed by atoms with E-state index in [1.807, 2.05) is 0 Å². The van der Waals surface area contributed by atoms with Crippen molar-refractivity contribution in [2.24, 2.45) is 0 Å². The van der Waals surface area contributed by atoms with Crippen LogP contribution in [0.4, 0.5) is 5.13 Å². The molecule has 104 valence electrons. The number of aromatic nitrogens is 5. The van der Waals surface area contributed by atoms with Gasteiger partial charge in [-0.1, -0.05) is 24.2 Å². The van der Waals surface area contributed by atoms with Gasteiger partial charge in [0.1, 0.15) is 11.0 Å². The molecule has 0 spiro atoms. The second-order valence-electron chi connectivity index (χ2n) is 5.02. The molecule has 0 radical (unpaired) electrons. The Morgan fingerprint density at radius 3 is 2.80 bits per heavy atom. The highest BCUT2D eigenvalue weighted by Gasteiger charge is 2.17. The maximum Gasteiger partial charge on any atom is 0.349 e. The van der Waals surface area contributed by atoms with E-state index in [1.165, 1.54) is 36.4 Å². The quantitative estimate of drug-likeness (QED) is 0.733. The SMILES string of the molecule is O=c1[nH]nc2c3sc(N4CCCCCC4)nc3ncn12. The first-order valence-corrected chi connectivity index (χ1v) is 7.62. The molecule has 0 atom stereocenters. The highest BCUT2D eigenvalue weighted by molar-refractivity contribution is 7.22. The van der Waals surface area contributed by atoms with Gasteiger partial charge in [-0.3, -0.25) is 0 Å². The summed E-state index contributed by atoms with van der Waals surface area (Å²) in [5.74, 6) is 0. The highest BCUT2D eigenvalue weighted by atomic mass is 32.1. The predicted octanol–water partition coefficient (Wildman–Crippen LogP) is 1.41. The molecular weight excluding hydrogens is 276 g/mol. The van der Waals surface area contributed by atoms with E-state index >= 15 is 0 Å². The van der Waals surface area contributed by atoms with Crippen molar-refractivity contribution in [3.8, 4) is 0 Å². The lowest BCUT2D eigenvalue weighted by atomic mass is 10.2. The molecule has 3 aromatic rings. The summed E-state index contributed by atoms with van der Waals surface area (Å²) in [7, 11) is 0. The first kappa shape index (κ1) is 11.8. The van der Waals surface area contributed by atoms with Crippen LogP contribution in [0.15, 0.2) is 11.1 Å². The van der Waals surface area contributed by atoms with Gasteiger partial charge in [-0.25, -0.2) is 19.3 Å². The van der Waals surface area contributed by atoms with Gasteiger partial charge in [0.25, 0.3) is 0 Å². The maximum absolute atomic E-state index is 11.6. The van der Waals surface area contributed by atoms with Crippen LogP contribution in [0.25, 0.3) is 16.0 Å². The van der Waals surface area contributed by atoms with Gasteiger partial charge in [0.2, 0.25) is 0 Å². The molecule has 0 aromatic carbocycles. The van der Waals surface area contributed by atoms with Gasteiger partial charge in [0, 0.05) is 13.1 Å². The third-order valence-corrected chi connectivity index (χ3v) is 4.78. The van der Waals surface area contributed by atoms with Crippen LogP contribution in [-0.2, 0) is 0 Å². The normalized spacial score (nSPS) is 16.9. The molecule has 0 amide bonds. The molecule has 3 aromatic heterocycles. The van der Waals surface area contributed by atoms with Crippen LogP contribution in [0.1, 0.15) is 25.7 Å². The molecule has 7 nitrogen and oxygen atoms in total. The fourth-order valence-corrected chi connectivity index (χ4v) is 3.67. The Morgan fingerprint density at radius 1 is 1.20 bits per heavy atom. The molecule has 1 saturated heterocycles. The van der Waals surface area contributed by atoms with E-state index in [1.54, 1.807) is 11.3 Å². The van der Waals surface area contributed by atoms with E-state index < -0.39 is 0 Å². The second-order valence-corrected chi connectivity index (χ2v) is 5.99. The Hall–Kier alpha value is -1.96.